The zero-order valence-electron chi connectivity index (χ0n) is 13.2. The maximum Gasteiger partial charge on any atom is 0.253 e. The van der Waals surface area contributed by atoms with E-state index in [2.05, 4.69) is 5.32 Å². The van der Waals surface area contributed by atoms with E-state index in [4.69, 9.17) is 0 Å². The summed E-state index contributed by atoms with van der Waals surface area (Å²) in [4.78, 5) is 25.6. The second kappa shape index (κ2) is 7.40. The fraction of sp³-hybridized carbons (Fsp3) is 0.529. The lowest BCUT2D eigenvalue weighted by Gasteiger charge is -2.30. The topological polar surface area (TPSA) is 69.6 Å². The number of carbonyl (C=O) groups excluding carboxylic acids is 2. The molecule has 2 unspecified atom stereocenters. The maximum absolute atomic E-state index is 12.3. The number of carbonyl (C=O) groups is 2. The van der Waals surface area contributed by atoms with E-state index in [9.17, 15) is 14.7 Å². The third-order valence-corrected chi connectivity index (χ3v) is 4.26. The first-order valence-corrected chi connectivity index (χ1v) is 7.76. The monoisotopic (exact) mass is 304 g/mol. The summed E-state index contributed by atoms with van der Waals surface area (Å²) in [7, 11) is 3.39. The molecule has 0 saturated heterocycles. The molecule has 1 aliphatic carbocycles. The Bertz CT molecular complexity index is 525. The molecule has 1 aliphatic rings. The van der Waals surface area contributed by atoms with Gasteiger partial charge in [-0.3, -0.25) is 9.59 Å². The van der Waals surface area contributed by atoms with E-state index >= 15 is 0 Å². The molecule has 0 aliphatic heterocycles. The minimum atomic E-state index is -0.144. The Kier molecular flexibility index (Phi) is 5.55. The van der Waals surface area contributed by atoms with E-state index in [-0.39, 0.29) is 30.4 Å². The third kappa shape index (κ3) is 3.85. The summed E-state index contributed by atoms with van der Waals surface area (Å²) in [6.07, 6.45) is 4.06. The number of benzene rings is 1. The van der Waals surface area contributed by atoms with E-state index < -0.39 is 0 Å². The normalized spacial score (nSPS) is 21.2. The number of aliphatic hydroxyl groups excluding tert-OH is 1. The number of hydrogen-bond donors (Lipinski definition) is 2. The Morgan fingerprint density at radius 1 is 1.14 bits per heavy atom. The van der Waals surface area contributed by atoms with Gasteiger partial charge in [-0.05, 0) is 37.1 Å². The van der Waals surface area contributed by atoms with Crippen LogP contribution in [0, 0.1) is 5.92 Å². The molecular formula is C17H24N2O3. The third-order valence-electron chi connectivity index (χ3n) is 4.26. The van der Waals surface area contributed by atoms with Gasteiger partial charge in [0.1, 0.15) is 0 Å². The van der Waals surface area contributed by atoms with E-state index in [1.54, 1.807) is 38.4 Å². The highest BCUT2D eigenvalue weighted by Crippen LogP contribution is 2.24. The van der Waals surface area contributed by atoms with Crippen molar-refractivity contribution in [1.82, 2.24) is 10.2 Å². The second-order valence-electron chi connectivity index (χ2n) is 6.08. The number of aliphatic hydroxyl groups is 1. The average Bonchev–Trinajstić information content (AvgIpc) is 2.54. The van der Waals surface area contributed by atoms with Gasteiger partial charge >= 0.3 is 0 Å². The molecular weight excluding hydrogens is 280 g/mol. The lowest BCUT2D eigenvalue weighted by molar-refractivity contribution is 0.0824. The van der Waals surface area contributed by atoms with Crippen LogP contribution in [0.5, 0.6) is 0 Å². The van der Waals surface area contributed by atoms with Crippen LogP contribution in [0.3, 0.4) is 0 Å². The van der Waals surface area contributed by atoms with Crippen molar-refractivity contribution in [2.45, 2.75) is 31.7 Å². The predicted molar refractivity (Wildman–Crippen MR) is 84.8 cm³/mol. The van der Waals surface area contributed by atoms with Gasteiger partial charge < -0.3 is 15.3 Å². The molecule has 1 saturated carbocycles. The SMILES string of the molecule is CN(C)C(=O)c1ccc(C(=O)NC2CCCCC2CO)cc1. The van der Waals surface area contributed by atoms with Gasteiger partial charge in [0.05, 0.1) is 0 Å². The molecule has 5 nitrogen and oxygen atoms in total. The molecule has 22 heavy (non-hydrogen) atoms. The largest absolute Gasteiger partial charge is 0.396 e. The number of rotatable bonds is 4. The minimum absolute atomic E-state index is 0.0364. The molecule has 0 aromatic heterocycles. The molecule has 1 aromatic rings. The molecule has 0 bridgehead atoms. The van der Waals surface area contributed by atoms with Crippen molar-refractivity contribution < 1.29 is 14.7 Å². The van der Waals surface area contributed by atoms with Crippen molar-refractivity contribution in [3.63, 3.8) is 0 Å². The zero-order chi connectivity index (χ0) is 16.1. The zero-order valence-corrected chi connectivity index (χ0v) is 13.2. The van der Waals surface area contributed by atoms with Gasteiger partial charge in [0.2, 0.25) is 0 Å². The molecule has 1 fully saturated rings. The Hall–Kier alpha value is -1.88. The number of nitrogens with one attached hydrogen (secondary N) is 1. The minimum Gasteiger partial charge on any atom is -0.396 e. The molecule has 0 radical (unpaired) electrons. The lowest BCUT2D eigenvalue weighted by atomic mass is 9.85. The molecule has 2 atom stereocenters. The van der Waals surface area contributed by atoms with E-state index in [1.165, 1.54) is 4.90 Å². The quantitative estimate of drug-likeness (QED) is 0.889. The lowest BCUT2D eigenvalue weighted by Crippen LogP contribution is -2.43. The Labute approximate surface area is 131 Å². The molecule has 5 heteroatoms. The summed E-state index contributed by atoms with van der Waals surface area (Å²) in [6, 6.07) is 6.71. The molecule has 0 spiro atoms. The van der Waals surface area contributed by atoms with Gasteiger partial charge in [-0.15, -0.1) is 0 Å². The van der Waals surface area contributed by atoms with Gasteiger partial charge in [0.15, 0.2) is 0 Å². The summed E-state index contributed by atoms with van der Waals surface area (Å²) in [5, 5.41) is 12.4. The van der Waals surface area contributed by atoms with Crippen LogP contribution < -0.4 is 5.32 Å². The maximum atomic E-state index is 12.3. The first kappa shape index (κ1) is 16.5. The second-order valence-corrected chi connectivity index (χ2v) is 6.08. The first-order valence-electron chi connectivity index (χ1n) is 7.76. The van der Waals surface area contributed by atoms with Crippen molar-refractivity contribution >= 4 is 11.8 Å². The number of amides is 2. The Morgan fingerprint density at radius 3 is 2.32 bits per heavy atom. The summed E-state index contributed by atoms with van der Waals surface area (Å²) in [6.45, 7) is 0.112. The molecule has 2 N–H and O–H groups in total. The van der Waals surface area contributed by atoms with E-state index in [0.29, 0.717) is 11.1 Å². The molecule has 2 amide bonds. The van der Waals surface area contributed by atoms with Crippen molar-refractivity contribution in [3.8, 4) is 0 Å². The van der Waals surface area contributed by atoms with Gasteiger partial charge in [-0.25, -0.2) is 0 Å². The van der Waals surface area contributed by atoms with Crippen LogP contribution in [0.25, 0.3) is 0 Å². The molecule has 1 aromatic carbocycles. The predicted octanol–water partition coefficient (Wildman–Crippen LogP) is 1.67. The highest BCUT2D eigenvalue weighted by Gasteiger charge is 2.26. The average molecular weight is 304 g/mol. The van der Waals surface area contributed by atoms with Crippen molar-refractivity contribution in [2.75, 3.05) is 20.7 Å². The van der Waals surface area contributed by atoms with Crippen molar-refractivity contribution in [1.29, 1.82) is 0 Å². The van der Waals surface area contributed by atoms with Crippen LogP contribution in [-0.4, -0.2) is 48.6 Å². The van der Waals surface area contributed by atoms with Crippen molar-refractivity contribution in [2.24, 2.45) is 5.92 Å². The summed E-state index contributed by atoms with van der Waals surface area (Å²) in [5.41, 5.74) is 1.10. The standard InChI is InChI=1S/C17H24N2O3/c1-19(2)17(22)13-9-7-12(8-10-13)16(21)18-15-6-4-3-5-14(15)11-20/h7-10,14-15,20H,3-6,11H2,1-2H3,(H,18,21). The van der Waals surface area contributed by atoms with Crippen LogP contribution in [-0.2, 0) is 0 Å². The summed E-state index contributed by atoms with van der Waals surface area (Å²) in [5.74, 6) is -0.0823. The van der Waals surface area contributed by atoms with E-state index in [0.717, 1.165) is 25.7 Å². The molecule has 0 heterocycles. The van der Waals surface area contributed by atoms with E-state index in [1.807, 2.05) is 0 Å². The summed E-state index contributed by atoms with van der Waals surface area (Å²) < 4.78 is 0. The van der Waals surface area contributed by atoms with Gasteiger partial charge in [-0.1, -0.05) is 12.8 Å². The van der Waals surface area contributed by atoms with Gasteiger partial charge in [0, 0.05) is 43.8 Å². The van der Waals surface area contributed by atoms with Crippen molar-refractivity contribution in [3.05, 3.63) is 35.4 Å². The Balaban J connectivity index is 2.02. The van der Waals surface area contributed by atoms with Gasteiger partial charge in [0.25, 0.3) is 11.8 Å². The molecule has 2 rings (SSSR count). The van der Waals surface area contributed by atoms with Crippen LogP contribution >= 0.6 is 0 Å². The van der Waals surface area contributed by atoms with Gasteiger partial charge in [-0.2, -0.15) is 0 Å². The summed E-state index contributed by atoms with van der Waals surface area (Å²) >= 11 is 0. The van der Waals surface area contributed by atoms with Crippen LogP contribution in [0.4, 0.5) is 0 Å². The number of nitrogens with zero attached hydrogens (tertiary/aromatic N) is 1. The fourth-order valence-electron chi connectivity index (χ4n) is 2.89. The van der Waals surface area contributed by atoms with Crippen LogP contribution in [0.1, 0.15) is 46.4 Å². The highest BCUT2D eigenvalue weighted by atomic mass is 16.3. The smallest absolute Gasteiger partial charge is 0.253 e. The van der Waals surface area contributed by atoms with Crippen LogP contribution in [0.2, 0.25) is 0 Å². The van der Waals surface area contributed by atoms with Crippen LogP contribution in [0.15, 0.2) is 24.3 Å². The Morgan fingerprint density at radius 2 is 1.73 bits per heavy atom. The fourth-order valence-corrected chi connectivity index (χ4v) is 2.89. The highest BCUT2D eigenvalue weighted by molar-refractivity contribution is 5.97. The number of hydrogen-bond acceptors (Lipinski definition) is 3. The first-order chi connectivity index (χ1) is 10.5. The molecule has 120 valence electrons.